The molecule has 0 rings (SSSR count). The molecule has 0 heterocycles. The van der Waals surface area contributed by atoms with Crippen LogP contribution < -0.4 is 0 Å². The maximum atomic E-state index is 9.04. The van der Waals surface area contributed by atoms with Crippen LogP contribution in [0.15, 0.2) is 0 Å². The molecule has 0 aliphatic heterocycles. The lowest BCUT2D eigenvalue weighted by atomic mass is 10.1. The smallest absolute Gasteiger partial charge is 0.0512 e. The molecule has 0 aliphatic rings. The summed E-state index contributed by atoms with van der Waals surface area (Å²) in [5.74, 6) is 0. The topological polar surface area (TPSA) is 29.5 Å². The Hall–Kier alpha value is -0.0800. The predicted molar refractivity (Wildman–Crippen MR) is 65.1 cm³/mol. The largest absolute Gasteiger partial charge is 0.393 e. The highest BCUT2D eigenvalue weighted by Crippen LogP contribution is 2.04. The number of unbranched alkanes of at least 4 members (excludes halogenated alkanes) is 5. The van der Waals surface area contributed by atoms with Gasteiger partial charge in [0.15, 0.2) is 0 Å². The number of aliphatic hydroxyl groups excluding tert-OH is 1. The average molecular weight is 216 g/mol. The van der Waals surface area contributed by atoms with Crippen molar-refractivity contribution in [1.82, 2.24) is 0 Å². The molecule has 15 heavy (non-hydrogen) atoms. The summed E-state index contributed by atoms with van der Waals surface area (Å²) >= 11 is 0. The molecule has 0 spiro atoms. The minimum atomic E-state index is -0.139. The SMILES string of the molecule is CCCCCCOCCCCCC(C)O. The van der Waals surface area contributed by atoms with E-state index in [4.69, 9.17) is 9.84 Å². The molecule has 1 unspecified atom stereocenters. The van der Waals surface area contributed by atoms with Crippen molar-refractivity contribution in [3.63, 3.8) is 0 Å². The molecule has 0 saturated carbocycles. The summed E-state index contributed by atoms with van der Waals surface area (Å²) in [6.45, 7) is 5.90. The van der Waals surface area contributed by atoms with Crippen molar-refractivity contribution < 1.29 is 9.84 Å². The first-order chi connectivity index (χ1) is 7.27. The quantitative estimate of drug-likeness (QED) is 0.535. The van der Waals surface area contributed by atoms with E-state index in [9.17, 15) is 0 Å². The van der Waals surface area contributed by atoms with E-state index in [2.05, 4.69) is 6.92 Å². The van der Waals surface area contributed by atoms with Crippen molar-refractivity contribution in [3.8, 4) is 0 Å². The van der Waals surface area contributed by atoms with Crippen LogP contribution in [0.4, 0.5) is 0 Å². The van der Waals surface area contributed by atoms with Gasteiger partial charge in [0.25, 0.3) is 0 Å². The van der Waals surface area contributed by atoms with Crippen molar-refractivity contribution in [2.45, 2.75) is 71.3 Å². The first-order valence-electron chi connectivity index (χ1n) is 6.53. The molecule has 1 N–H and O–H groups in total. The third-order valence-corrected chi connectivity index (χ3v) is 2.55. The number of ether oxygens (including phenoxy) is 1. The second-order valence-corrected chi connectivity index (χ2v) is 4.37. The van der Waals surface area contributed by atoms with Crippen LogP contribution in [-0.4, -0.2) is 24.4 Å². The van der Waals surface area contributed by atoms with Gasteiger partial charge in [0.1, 0.15) is 0 Å². The minimum Gasteiger partial charge on any atom is -0.393 e. The van der Waals surface area contributed by atoms with Crippen LogP contribution in [0, 0.1) is 0 Å². The third-order valence-electron chi connectivity index (χ3n) is 2.55. The van der Waals surface area contributed by atoms with Crippen LogP contribution in [-0.2, 0) is 4.74 Å². The highest BCUT2D eigenvalue weighted by molar-refractivity contribution is 4.48. The van der Waals surface area contributed by atoms with E-state index in [0.29, 0.717) is 0 Å². The summed E-state index contributed by atoms with van der Waals surface area (Å²) < 4.78 is 5.52. The van der Waals surface area contributed by atoms with Crippen LogP contribution in [0.5, 0.6) is 0 Å². The summed E-state index contributed by atoms with van der Waals surface area (Å²) in [4.78, 5) is 0. The van der Waals surface area contributed by atoms with Gasteiger partial charge in [0.05, 0.1) is 6.10 Å². The van der Waals surface area contributed by atoms with Gasteiger partial charge in [-0.1, -0.05) is 39.0 Å². The standard InChI is InChI=1S/C13H28O2/c1-3-4-5-8-11-15-12-9-6-7-10-13(2)14/h13-14H,3-12H2,1-2H3. The Morgan fingerprint density at radius 3 is 2.07 bits per heavy atom. The van der Waals surface area contributed by atoms with Crippen LogP contribution in [0.2, 0.25) is 0 Å². The predicted octanol–water partition coefficient (Wildman–Crippen LogP) is 3.52. The minimum absolute atomic E-state index is 0.139. The van der Waals surface area contributed by atoms with Gasteiger partial charge in [-0.3, -0.25) is 0 Å². The first kappa shape index (κ1) is 14.9. The number of rotatable bonds is 11. The summed E-state index contributed by atoms with van der Waals surface area (Å²) in [7, 11) is 0. The van der Waals surface area contributed by atoms with E-state index in [-0.39, 0.29) is 6.10 Å². The fourth-order valence-corrected chi connectivity index (χ4v) is 1.55. The monoisotopic (exact) mass is 216 g/mol. The van der Waals surface area contributed by atoms with Gasteiger partial charge < -0.3 is 9.84 Å². The van der Waals surface area contributed by atoms with Crippen molar-refractivity contribution >= 4 is 0 Å². The normalized spacial score (nSPS) is 13.0. The molecule has 0 amide bonds. The van der Waals surface area contributed by atoms with Crippen LogP contribution >= 0.6 is 0 Å². The molecule has 0 aliphatic carbocycles. The lowest BCUT2D eigenvalue weighted by molar-refractivity contribution is 0.123. The Bertz CT molecular complexity index is 113. The number of hydrogen-bond acceptors (Lipinski definition) is 2. The second kappa shape index (κ2) is 12.0. The molecule has 2 nitrogen and oxygen atoms in total. The Morgan fingerprint density at radius 1 is 0.933 bits per heavy atom. The lowest BCUT2D eigenvalue weighted by Crippen LogP contribution is -2.00. The molecule has 0 aromatic heterocycles. The first-order valence-corrected chi connectivity index (χ1v) is 6.53. The fourth-order valence-electron chi connectivity index (χ4n) is 1.55. The number of aliphatic hydroxyl groups is 1. The lowest BCUT2D eigenvalue weighted by Gasteiger charge is -2.05. The van der Waals surface area contributed by atoms with Crippen LogP contribution in [0.3, 0.4) is 0 Å². The van der Waals surface area contributed by atoms with Crippen LogP contribution in [0.25, 0.3) is 0 Å². The molecule has 0 saturated heterocycles. The van der Waals surface area contributed by atoms with Crippen molar-refractivity contribution in [1.29, 1.82) is 0 Å². The third kappa shape index (κ3) is 13.9. The van der Waals surface area contributed by atoms with Gasteiger partial charge in [-0.2, -0.15) is 0 Å². The molecule has 0 fully saturated rings. The molecule has 2 heteroatoms. The summed E-state index contributed by atoms with van der Waals surface area (Å²) in [5, 5.41) is 9.04. The van der Waals surface area contributed by atoms with Crippen LogP contribution in [0.1, 0.15) is 65.2 Å². The molecule has 0 radical (unpaired) electrons. The zero-order chi connectivity index (χ0) is 11.4. The maximum Gasteiger partial charge on any atom is 0.0512 e. The summed E-state index contributed by atoms with van der Waals surface area (Å²) in [6.07, 6.45) is 9.37. The molecule has 0 bridgehead atoms. The fraction of sp³-hybridized carbons (Fsp3) is 1.00. The number of hydrogen-bond donors (Lipinski definition) is 1. The van der Waals surface area contributed by atoms with Crippen molar-refractivity contribution in [3.05, 3.63) is 0 Å². The summed E-state index contributed by atoms with van der Waals surface area (Å²) in [6, 6.07) is 0. The Balaban J connectivity index is 2.87. The zero-order valence-electron chi connectivity index (χ0n) is 10.5. The van der Waals surface area contributed by atoms with E-state index in [1.807, 2.05) is 6.92 Å². The maximum absolute atomic E-state index is 9.04. The van der Waals surface area contributed by atoms with E-state index in [1.54, 1.807) is 0 Å². The molecule has 0 aromatic rings. The Labute approximate surface area is 95.0 Å². The Morgan fingerprint density at radius 2 is 1.53 bits per heavy atom. The molecule has 1 atom stereocenters. The molecule has 0 aromatic carbocycles. The van der Waals surface area contributed by atoms with E-state index in [0.717, 1.165) is 32.5 Å². The van der Waals surface area contributed by atoms with Gasteiger partial charge in [-0.25, -0.2) is 0 Å². The zero-order valence-corrected chi connectivity index (χ0v) is 10.5. The van der Waals surface area contributed by atoms with E-state index in [1.165, 1.54) is 32.1 Å². The molecular formula is C13H28O2. The van der Waals surface area contributed by atoms with E-state index >= 15 is 0 Å². The van der Waals surface area contributed by atoms with E-state index < -0.39 is 0 Å². The molecular weight excluding hydrogens is 188 g/mol. The Kier molecular flexibility index (Phi) is 11.9. The van der Waals surface area contributed by atoms with Gasteiger partial charge in [-0.05, 0) is 26.2 Å². The molecule has 92 valence electrons. The van der Waals surface area contributed by atoms with Gasteiger partial charge in [0.2, 0.25) is 0 Å². The van der Waals surface area contributed by atoms with Crippen molar-refractivity contribution in [2.24, 2.45) is 0 Å². The highest BCUT2D eigenvalue weighted by Gasteiger charge is 1.95. The van der Waals surface area contributed by atoms with Gasteiger partial charge >= 0.3 is 0 Å². The summed E-state index contributed by atoms with van der Waals surface area (Å²) in [5.41, 5.74) is 0. The second-order valence-electron chi connectivity index (χ2n) is 4.37. The van der Waals surface area contributed by atoms with Gasteiger partial charge in [0, 0.05) is 13.2 Å². The van der Waals surface area contributed by atoms with Crippen molar-refractivity contribution in [2.75, 3.05) is 13.2 Å². The highest BCUT2D eigenvalue weighted by atomic mass is 16.5. The van der Waals surface area contributed by atoms with Gasteiger partial charge in [-0.15, -0.1) is 0 Å². The average Bonchev–Trinajstić information content (AvgIpc) is 2.20.